The highest BCUT2D eigenvalue weighted by atomic mass is 19.1. The fraction of sp³-hybridized carbons (Fsp3) is 0.158. The van der Waals surface area contributed by atoms with Gasteiger partial charge in [0.05, 0.1) is 5.69 Å². The van der Waals surface area contributed by atoms with Gasteiger partial charge in [-0.2, -0.15) is 0 Å². The summed E-state index contributed by atoms with van der Waals surface area (Å²) in [5.74, 6) is -0.0782. The van der Waals surface area contributed by atoms with Gasteiger partial charge in [0, 0.05) is 24.4 Å². The van der Waals surface area contributed by atoms with Crippen molar-refractivity contribution in [3.05, 3.63) is 72.1 Å². The Bertz CT molecular complexity index is 913. The SMILES string of the molecule is Fc1ccc(Nc2cc(N3CCCc4ccccc43)ncn2)c(F)c1. The summed E-state index contributed by atoms with van der Waals surface area (Å²) >= 11 is 0. The average Bonchev–Trinajstić information content (AvgIpc) is 2.64. The molecule has 126 valence electrons. The molecule has 0 bridgehead atoms. The van der Waals surface area contributed by atoms with E-state index in [1.807, 2.05) is 12.1 Å². The van der Waals surface area contributed by atoms with E-state index in [1.54, 1.807) is 6.07 Å². The van der Waals surface area contributed by atoms with Gasteiger partial charge in [-0.25, -0.2) is 18.7 Å². The zero-order valence-corrected chi connectivity index (χ0v) is 13.4. The molecular weight excluding hydrogens is 322 g/mol. The first kappa shape index (κ1) is 15.5. The Kier molecular flexibility index (Phi) is 4.01. The van der Waals surface area contributed by atoms with Crippen molar-refractivity contribution in [2.45, 2.75) is 12.8 Å². The van der Waals surface area contributed by atoms with Crippen molar-refractivity contribution in [2.24, 2.45) is 0 Å². The number of fused-ring (bicyclic) bond motifs is 1. The molecule has 2 aromatic carbocycles. The molecule has 3 aromatic rings. The summed E-state index contributed by atoms with van der Waals surface area (Å²) in [6, 6.07) is 13.4. The number of anilines is 4. The first-order valence-electron chi connectivity index (χ1n) is 8.10. The summed E-state index contributed by atoms with van der Waals surface area (Å²) < 4.78 is 26.9. The molecule has 25 heavy (non-hydrogen) atoms. The molecule has 0 unspecified atom stereocenters. The van der Waals surface area contributed by atoms with E-state index < -0.39 is 11.6 Å². The summed E-state index contributed by atoms with van der Waals surface area (Å²) in [5, 5.41) is 2.88. The number of aromatic nitrogens is 2. The summed E-state index contributed by atoms with van der Waals surface area (Å²) in [5.41, 5.74) is 2.59. The number of hydrogen-bond donors (Lipinski definition) is 1. The average molecular weight is 338 g/mol. The third-order valence-corrected chi connectivity index (χ3v) is 4.23. The first-order chi connectivity index (χ1) is 12.2. The minimum atomic E-state index is -0.663. The van der Waals surface area contributed by atoms with E-state index in [9.17, 15) is 8.78 Å². The number of rotatable bonds is 3. The molecule has 1 N–H and O–H groups in total. The quantitative estimate of drug-likeness (QED) is 0.759. The Morgan fingerprint density at radius 1 is 1.00 bits per heavy atom. The highest BCUT2D eigenvalue weighted by Crippen LogP contribution is 2.33. The third-order valence-electron chi connectivity index (χ3n) is 4.23. The van der Waals surface area contributed by atoms with Crippen molar-refractivity contribution in [1.29, 1.82) is 0 Å². The van der Waals surface area contributed by atoms with Crippen LogP contribution in [0.2, 0.25) is 0 Å². The van der Waals surface area contributed by atoms with E-state index in [2.05, 4.69) is 32.3 Å². The summed E-state index contributed by atoms with van der Waals surface area (Å²) in [4.78, 5) is 10.6. The van der Waals surface area contributed by atoms with Crippen molar-refractivity contribution in [3.8, 4) is 0 Å². The van der Waals surface area contributed by atoms with E-state index in [1.165, 1.54) is 24.0 Å². The van der Waals surface area contributed by atoms with Crippen LogP contribution < -0.4 is 10.2 Å². The fourth-order valence-electron chi connectivity index (χ4n) is 3.06. The van der Waals surface area contributed by atoms with Crippen molar-refractivity contribution in [1.82, 2.24) is 9.97 Å². The second-order valence-corrected chi connectivity index (χ2v) is 5.89. The lowest BCUT2D eigenvalue weighted by molar-refractivity contribution is 0.586. The number of hydrogen-bond acceptors (Lipinski definition) is 4. The van der Waals surface area contributed by atoms with Crippen LogP contribution in [0.3, 0.4) is 0 Å². The Morgan fingerprint density at radius 2 is 1.88 bits per heavy atom. The molecule has 0 spiro atoms. The molecule has 0 fully saturated rings. The zero-order chi connectivity index (χ0) is 17.2. The lowest BCUT2D eigenvalue weighted by Gasteiger charge is -2.30. The maximum absolute atomic E-state index is 13.8. The summed E-state index contributed by atoms with van der Waals surface area (Å²) in [7, 11) is 0. The summed E-state index contributed by atoms with van der Waals surface area (Å²) in [6.07, 6.45) is 3.52. The van der Waals surface area contributed by atoms with Crippen molar-refractivity contribution < 1.29 is 8.78 Å². The van der Waals surface area contributed by atoms with Gasteiger partial charge in [-0.3, -0.25) is 0 Å². The second kappa shape index (κ2) is 6.47. The molecular formula is C19H16F2N4. The third kappa shape index (κ3) is 3.15. The molecule has 0 saturated carbocycles. The molecule has 6 heteroatoms. The zero-order valence-electron chi connectivity index (χ0n) is 13.4. The van der Waals surface area contributed by atoms with Gasteiger partial charge in [0.2, 0.25) is 0 Å². The topological polar surface area (TPSA) is 41.0 Å². The highest BCUT2D eigenvalue weighted by molar-refractivity contribution is 5.68. The number of halogens is 2. The normalized spacial score (nSPS) is 13.4. The Hall–Kier alpha value is -3.02. The van der Waals surface area contributed by atoms with Crippen LogP contribution in [0.4, 0.5) is 31.8 Å². The molecule has 0 aliphatic carbocycles. The van der Waals surface area contributed by atoms with Crippen LogP contribution in [0.15, 0.2) is 54.9 Å². The number of para-hydroxylation sites is 1. The van der Waals surface area contributed by atoms with E-state index >= 15 is 0 Å². The minimum Gasteiger partial charge on any atom is -0.338 e. The van der Waals surface area contributed by atoms with Gasteiger partial charge in [0.15, 0.2) is 0 Å². The molecule has 1 aliphatic rings. The first-order valence-corrected chi connectivity index (χ1v) is 8.10. The fourth-order valence-corrected chi connectivity index (χ4v) is 3.06. The van der Waals surface area contributed by atoms with Crippen LogP contribution in [0.5, 0.6) is 0 Å². The maximum Gasteiger partial charge on any atom is 0.149 e. The number of benzene rings is 2. The van der Waals surface area contributed by atoms with Gasteiger partial charge in [0.1, 0.15) is 29.6 Å². The van der Waals surface area contributed by atoms with E-state index in [0.717, 1.165) is 37.0 Å². The Labute approximate surface area is 144 Å². The molecule has 4 nitrogen and oxygen atoms in total. The standard InChI is InChI=1S/C19H16F2N4/c20-14-7-8-16(15(21)10-14)24-18-11-19(23-12-22-18)25-9-3-5-13-4-1-2-6-17(13)25/h1-2,4,6-8,10-12H,3,5,9H2,(H,22,23,24). The smallest absolute Gasteiger partial charge is 0.149 e. The number of nitrogens with zero attached hydrogens (tertiary/aromatic N) is 3. The van der Waals surface area contributed by atoms with Crippen LogP contribution in [-0.4, -0.2) is 16.5 Å². The van der Waals surface area contributed by atoms with E-state index in [0.29, 0.717) is 5.82 Å². The van der Waals surface area contributed by atoms with Crippen molar-refractivity contribution in [3.63, 3.8) is 0 Å². The van der Waals surface area contributed by atoms with Crippen LogP contribution >= 0.6 is 0 Å². The molecule has 1 aromatic heterocycles. The van der Waals surface area contributed by atoms with E-state index in [-0.39, 0.29) is 5.69 Å². The molecule has 0 radical (unpaired) electrons. The maximum atomic E-state index is 13.8. The van der Waals surface area contributed by atoms with Gasteiger partial charge in [-0.05, 0) is 36.6 Å². The lowest BCUT2D eigenvalue weighted by Crippen LogP contribution is -2.25. The molecule has 1 aliphatic heterocycles. The van der Waals surface area contributed by atoms with Crippen molar-refractivity contribution in [2.75, 3.05) is 16.8 Å². The molecule has 4 rings (SSSR count). The minimum absolute atomic E-state index is 0.171. The molecule has 2 heterocycles. The van der Waals surface area contributed by atoms with E-state index in [4.69, 9.17) is 0 Å². The van der Waals surface area contributed by atoms with Crippen LogP contribution in [0.25, 0.3) is 0 Å². The monoisotopic (exact) mass is 338 g/mol. The molecule has 0 atom stereocenters. The molecule has 0 saturated heterocycles. The summed E-state index contributed by atoms with van der Waals surface area (Å²) in [6.45, 7) is 0.860. The Morgan fingerprint density at radius 3 is 2.76 bits per heavy atom. The van der Waals surface area contributed by atoms with Crippen LogP contribution in [0, 0.1) is 11.6 Å². The lowest BCUT2D eigenvalue weighted by atomic mass is 10.0. The van der Waals surface area contributed by atoms with Crippen molar-refractivity contribution >= 4 is 23.0 Å². The largest absolute Gasteiger partial charge is 0.338 e. The molecule has 0 amide bonds. The van der Waals surface area contributed by atoms with Gasteiger partial charge in [0.25, 0.3) is 0 Å². The van der Waals surface area contributed by atoms with Gasteiger partial charge in [-0.15, -0.1) is 0 Å². The van der Waals surface area contributed by atoms with Crippen LogP contribution in [0.1, 0.15) is 12.0 Å². The predicted molar refractivity (Wildman–Crippen MR) is 93.4 cm³/mol. The number of aryl methyl sites for hydroxylation is 1. The van der Waals surface area contributed by atoms with Gasteiger partial charge < -0.3 is 10.2 Å². The van der Waals surface area contributed by atoms with Crippen LogP contribution in [-0.2, 0) is 6.42 Å². The number of nitrogens with one attached hydrogen (secondary N) is 1. The van der Waals surface area contributed by atoms with Gasteiger partial charge in [-0.1, -0.05) is 18.2 Å². The predicted octanol–water partition coefficient (Wildman–Crippen LogP) is 4.58. The van der Waals surface area contributed by atoms with Gasteiger partial charge >= 0.3 is 0 Å². The highest BCUT2D eigenvalue weighted by Gasteiger charge is 2.19. The Balaban J connectivity index is 1.64. The second-order valence-electron chi connectivity index (χ2n) is 5.89.